The number of hydrogen-bond acceptors (Lipinski definition) is 2. The number of benzene rings is 5. The Bertz CT molecular complexity index is 2630. The maximum absolute atomic E-state index is 2.71. The summed E-state index contributed by atoms with van der Waals surface area (Å²) < 4.78 is 9.44. The summed E-state index contributed by atoms with van der Waals surface area (Å²) in [6.07, 6.45) is 0. The first-order valence-corrected chi connectivity index (χ1v) is 15.5. The fourth-order valence-corrected chi connectivity index (χ4v) is 10.4. The fraction of sp³-hybridized carbons (Fsp3) is 0.0286. The van der Waals surface area contributed by atoms with Crippen LogP contribution in [0, 0.1) is 6.92 Å². The molecular weight excluding hydrogens is 523 g/mol. The topological polar surface area (TPSA) is 9.86 Å². The Morgan fingerprint density at radius 1 is 0.625 bits per heavy atom. The van der Waals surface area contributed by atoms with Crippen molar-refractivity contribution in [1.82, 2.24) is 9.05 Å². The minimum absolute atomic E-state index is 0.130. The van der Waals surface area contributed by atoms with Crippen LogP contribution in [-0.2, 0) is 0 Å². The molecule has 0 aliphatic carbocycles. The van der Waals surface area contributed by atoms with Crippen molar-refractivity contribution >= 4 is 103 Å². The quantitative estimate of drug-likeness (QED) is 0.170. The van der Waals surface area contributed by atoms with E-state index in [0.717, 1.165) is 0 Å². The van der Waals surface area contributed by atoms with Gasteiger partial charge in [0, 0.05) is 53.1 Å². The standard InChI is InChI=1S/C35H19BN2S2/c1-18-16-24-19-10-6-12-23-31(19)38(33-21-9-3-5-15-28(21)39-34(23)33)36-25-13-7-11-22-29-20-8-2-4-14-27(20)40-35(29)37(32(22)25)26(17-18)30(24)36/h2-17H,1H3. The monoisotopic (exact) mass is 542 g/mol. The first kappa shape index (κ1) is 20.6. The van der Waals surface area contributed by atoms with Gasteiger partial charge >= 0.3 is 6.85 Å². The Hall–Kier alpha value is -4.32. The molecule has 0 spiro atoms. The molecule has 0 N–H and O–H groups in total. The highest BCUT2D eigenvalue weighted by Crippen LogP contribution is 2.48. The van der Waals surface area contributed by atoms with Gasteiger partial charge in [0.1, 0.15) is 4.83 Å². The van der Waals surface area contributed by atoms with Crippen molar-refractivity contribution in [2.75, 3.05) is 0 Å². The summed E-state index contributed by atoms with van der Waals surface area (Å²) in [5.74, 6) is 0. The van der Waals surface area contributed by atoms with Crippen LogP contribution >= 0.6 is 22.7 Å². The lowest BCUT2D eigenvalue weighted by molar-refractivity contribution is 1.18. The van der Waals surface area contributed by atoms with Gasteiger partial charge in [0.15, 0.2) is 0 Å². The largest absolute Gasteiger partial charge is 0.374 e. The number of para-hydroxylation sites is 2. The fourth-order valence-electron chi connectivity index (χ4n) is 7.94. The third-order valence-electron chi connectivity index (χ3n) is 9.33. The average molecular weight is 542 g/mol. The summed E-state index contributed by atoms with van der Waals surface area (Å²) in [5, 5.41) is 6.87. The highest BCUT2D eigenvalue weighted by Gasteiger charge is 2.42. The average Bonchev–Trinajstić information content (AvgIpc) is 3.71. The van der Waals surface area contributed by atoms with Gasteiger partial charge in [0.05, 0.1) is 15.7 Å². The lowest BCUT2D eigenvalue weighted by Crippen LogP contribution is -2.55. The maximum atomic E-state index is 2.71. The SMILES string of the molecule is Cc1cc2c3c(c1)-n1c4sc5ccccc5c4c4cccc(c41)B3n1c3c-2cccc3c2sc3ccccc3c21. The molecule has 184 valence electrons. The van der Waals surface area contributed by atoms with E-state index in [1.807, 2.05) is 22.7 Å². The van der Waals surface area contributed by atoms with Gasteiger partial charge in [-0.25, -0.2) is 0 Å². The van der Waals surface area contributed by atoms with Gasteiger partial charge in [0.2, 0.25) is 0 Å². The van der Waals surface area contributed by atoms with E-state index in [1.165, 1.54) is 95.7 Å². The summed E-state index contributed by atoms with van der Waals surface area (Å²) in [7, 11) is 0. The van der Waals surface area contributed by atoms with Crippen LogP contribution in [-0.4, -0.2) is 15.9 Å². The zero-order chi connectivity index (χ0) is 25.9. The minimum atomic E-state index is 0.130. The summed E-state index contributed by atoms with van der Waals surface area (Å²) in [6.45, 7) is 2.39. The third-order valence-corrected chi connectivity index (χ3v) is 11.7. The summed E-state index contributed by atoms with van der Waals surface area (Å²) in [6, 6.07) is 36.7. The molecule has 5 heteroatoms. The van der Waals surface area contributed by atoms with Crippen LogP contribution in [0.3, 0.4) is 0 Å². The second kappa shape index (κ2) is 6.69. The molecule has 0 saturated carbocycles. The summed E-state index contributed by atoms with van der Waals surface area (Å²) in [5.41, 5.74) is 12.4. The Labute approximate surface area is 237 Å². The first-order chi connectivity index (χ1) is 19.8. The molecule has 9 aromatic rings. The molecule has 0 bridgehead atoms. The van der Waals surface area contributed by atoms with E-state index in [1.54, 1.807) is 0 Å². The number of hydrogen-bond donors (Lipinski definition) is 0. The molecule has 0 radical (unpaired) electrons. The number of rotatable bonds is 0. The Kier molecular flexibility index (Phi) is 3.44. The van der Waals surface area contributed by atoms with E-state index in [-0.39, 0.29) is 6.85 Å². The number of nitrogens with zero attached hydrogens (tertiary/aromatic N) is 2. The zero-order valence-electron chi connectivity index (χ0n) is 21.5. The van der Waals surface area contributed by atoms with E-state index in [4.69, 9.17) is 0 Å². The van der Waals surface area contributed by atoms with Crippen LogP contribution in [0.2, 0.25) is 0 Å². The van der Waals surface area contributed by atoms with Gasteiger partial charge in [-0.05, 0) is 47.2 Å². The van der Waals surface area contributed by atoms with Crippen LogP contribution in [0.25, 0.3) is 79.2 Å². The molecule has 40 heavy (non-hydrogen) atoms. The summed E-state index contributed by atoms with van der Waals surface area (Å²) in [4.78, 5) is 1.36. The molecule has 4 aromatic heterocycles. The number of aryl methyl sites for hydroxylation is 1. The van der Waals surface area contributed by atoms with Crippen molar-refractivity contribution in [2.24, 2.45) is 0 Å². The molecule has 0 unspecified atom stereocenters. The number of thiophene rings is 2. The van der Waals surface area contributed by atoms with E-state index in [9.17, 15) is 0 Å². The van der Waals surface area contributed by atoms with Gasteiger partial charge < -0.3 is 9.05 Å². The van der Waals surface area contributed by atoms with Gasteiger partial charge in [-0.15, -0.1) is 22.7 Å². The van der Waals surface area contributed by atoms with Crippen molar-refractivity contribution in [3.63, 3.8) is 0 Å². The van der Waals surface area contributed by atoms with Crippen molar-refractivity contribution in [3.8, 4) is 16.8 Å². The number of fused-ring (bicyclic) bond motifs is 14. The normalized spacial score (nSPS) is 13.6. The predicted octanol–water partition coefficient (Wildman–Crippen LogP) is 8.58. The van der Waals surface area contributed by atoms with Gasteiger partial charge in [-0.3, -0.25) is 0 Å². The third kappa shape index (κ3) is 2.14. The lowest BCUT2D eigenvalue weighted by atomic mass is 9.45. The second-order valence-corrected chi connectivity index (χ2v) is 13.4. The Morgan fingerprint density at radius 3 is 2.27 bits per heavy atom. The first-order valence-electron chi connectivity index (χ1n) is 13.8. The van der Waals surface area contributed by atoms with Crippen LogP contribution in [0.5, 0.6) is 0 Å². The van der Waals surface area contributed by atoms with Crippen molar-refractivity contribution in [2.45, 2.75) is 6.92 Å². The molecule has 2 aliphatic heterocycles. The molecule has 0 fully saturated rings. The molecule has 11 rings (SSSR count). The van der Waals surface area contributed by atoms with Crippen molar-refractivity contribution in [3.05, 3.63) is 103 Å². The van der Waals surface area contributed by atoms with Crippen LogP contribution < -0.4 is 10.9 Å². The highest BCUT2D eigenvalue weighted by molar-refractivity contribution is 7.27. The second-order valence-electron chi connectivity index (χ2n) is 11.4. The maximum Gasteiger partial charge on any atom is 0.333 e. The van der Waals surface area contributed by atoms with Crippen molar-refractivity contribution in [1.29, 1.82) is 0 Å². The number of aromatic nitrogens is 2. The lowest BCUT2D eigenvalue weighted by Gasteiger charge is -2.34. The zero-order valence-corrected chi connectivity index (χ0v) is 23.2. The molecule has 6 heterocycles. The van der Waals surface area contributed by atoms with E-state index in [2.05, 4.69) is 113 Å². The van der Waals surface area contributed by atoms with Gasteiger partial charge in [-0.2, -0.15) is 0 Å². The van der Waals surface area contributed by atoms with Gasteiger partial charge in [-0.1, -0.05) is 78.9 Å². The van der Waals surface area contributed by atoms with Crippen LogP contribution in [0.4, 0.5) is 0 Å². The molecule has 5 aromatic carbocycles. The van der Waals surface area contributed by atoms with Crippen LogP contribution in [0.1, 0.15) is 5.56 Å². The van der Waals surface area contributed by atoms with E-state index < -0.39 is 0 Å². The Morgan fingerprint density at radius 2 is 1.38 bits per heavy atom. The molecular formula is C35H19BN2S2. The molecule has 2 aliphatic rings. The smallest absolute Gasteiger partial charge is 0.333 e. The van der Waals surface area contributed by atoms with Crippen LogP contribution in [0.15, 0.2) is 97.1 Å². The highest BCUT2D eigenvalue weighted by atomic mass is 32.1. The van der Waals surface area contributed by atoms with Gasteiger partial charge in [0.25, 0.3) is 0 Å². The van der Waals surface area contributed by atoms with E-state index in [0.29, 0.717) is 0 Å². The Balaban J connectivity index is 1.43. The van der Waals surface area contributed by atoms with E-state index >= 15 is 0 Å². The molecule has 2 nitrogen and oxygen atoms in total. The minimum Gasteiger partial charge on any atom is -0.374 e. The molecule has 0 atom stereocenters. The summed E-state index contributed by atoms with van der Waals surface area (Å²) >= 11 is 3.87. The van der Waals surface area contributed by atoms with Crippen molar-refractivity contribution < 1.29 is 0 Å². The molecule has 0 saturated heterocycles. The predicted molar refractivity (Wildman–Crippen MR) is 175 cm³/mol. The molecule has 0 amide bonds.